The van der Waals surface area contributed by atoms with E-state index in [1.165, 1.54) is 0 Å². The van der Waals surface area contributed by atoms with Crippen molar-refractivity contribution in [2.45, 2.75) is 6.54 Å². The van der Waals surface area contributed by atoms with Crippen molar-refractivity contribution in [2.75, 3.05) is 13.7 Å². The molecule has 0 unspecified atom stereocenters. The fourth-order valence-electron chi connectivity index (χ4n) is 1.72. The molecule has 5 heteroatoms. The Bertz CT molecular complexity index is 502. The number of hydrogen-bond donors (Lipinski definition) is 1. The third-order valence-electron chi connectivity index (χ3n) is 2.49. The van der Waals surface area contributed by atoms with Gasteiger partial charge in [0.05, 0.1) is 17.2 Å². The second-order valence-corrected chi connectivity index (χ2v) is 4.48. The Morgan fingerprint density at radius 1 is 1.47 bits per heavy atom. The summed E-state index contributed by atoms with van der Waals surface area (Å²) in [4.78, 5) is 12.2. The fourth-order valence-corrected chi connectivity index (χ4v) is 2.48. The van der Waals surface area contributed by atoms with Crippen LogP contribution in [0.1, 0.15) is 10.5 Å². The van der Waals surface area contributed by atoms with Gasteiger partial charge in [-0.1, -0.05) is 6.07 Å². The Morgan fingerprint density at radius 2 is 2.29 bits per heavy atom. The molecule has 4 nitrogen and oxygen atoms in total. The van der Waals surface area contributed by atoms with E-state index in [4.69, 9.17) is 9.84 Å². The van der Waals surface area contributed by atoms with Gasteiger partial charge in [0.25, 0.3) is 0 Å². The number of nitrogens with zero attached hydrogens (tertiary/aromatic N) is 1. The van der Waals surface area contributed by atoms with Crippen LogP contribution in [0.25, 0.3) is 10.6 Å². The molecule has 0 atom stereocenters. The highest BCUT2D eigenvalue weighted by atomic mass is 32.1. The largest absolute Gasteiger partial charge is 0.477 e. The summed E-state index contributed by atoms with van der Waals surface area (Å²) in [5.74, 6) is -0.913. The first-order valence-electron chi connectivity index (χ1n) is 5.19. The molecule has 0 amide bonds. The maximum atomic E-state index is 11.1. The Morgan fingerprint density at radius 3 is 2.88 bits per heavy atom. The Balaban J connectivity index is 2.41. The summed E-state index contributed by atoms with van der Waals surface area (Å²) in [6.07, 6.45) is 0. The highest BCUT2D eigenvalue weighted by molar-refractivity contribution is 7.13. The molecule has 0 spiro atoms. The van der Waals surface area contributed by atoms with Crippen molar-refractivity contribution in [3.8, 4) is 10.6 Å². The molecule has 2 aromatic heterocycles. The van der Waals surface area contributed by atoms with Gasteiger partial charge in [-0.15, -0.1) is 11.3 Å². The maximum Gasteiger partial charge on any atom is 0.352 e. The van der Waals surface area contributed by atoms with Gasteiger partial charge in [0.15, 0.2) is 0 Å². The maximum absolute atomic E-state index is 11.1. The van der Waals surface area contributed by atoms with E-state index in [9.17, 15) is 4.79 Å². The van der Waals surface area contributed by atoms with Crippen LogP contribution in [0.2, 0.25) is 0 Å². The summed E-state index contributed by atoms with van der Waals surface area (Å²) in [7, 11) is 1.61. The summed E-state index contributed by atoms with van der Waals surface area (Å²) in [6, 6.07) is 7.40. The van der Waals surface area contributed by atoms with Gasteiger partial charge >= 0.3 is 5.97 Å². The Hall–Kier alpha value is -1.59. The van der Waals surface area contributed by atoms with Gasteiger partial charge in [0, 0.05) is 13.7 Å². The summed E-state index contributed by atoms with van der Waals surface area (Å²) in [5.41, 5.74) is 1.22. The molecule has 2 rings (SSSR count). The van der Waals surface area contributed by atoms with E-state index in [-0.39, 0.29) is 0 Å². The van der Waals surface area contributed by atoms with Crippen molar-refractivity contribution in [1.29, 1.82) is 0 Å². The molecular formula is C12H13NO3S. The van der Waals surface area contributed by atoms with Crippen LogP contribution in [0.3, 0.4) is 0 Å². The minimum atomic E-state index is -0.913. The monoisotopic (exact) mass is 251 g/mol. The lowest BCUT2D eigenvalue weighted by Gasteiger charge is -2.09. The molecule has 0 aliphatic heterocycles. The lowest BCUT2D eigenvalue weighted by atomic mass is 10.3. The molecule has 0 aliphatic rings. The van der Waals surface area contributed by atoms with E-state index in [0.29, 0.717) is 18.8 Å². The molecule has 2 aromatic rings. The first-order valence-corrected chi connectivity index (χ1v) is 6.07. The van der Waals surface area contributed by atoms with Gasteiger partial charge in [0.1, 0.15) is 5.69 Å². The van der Waals surface area contributed by atoms with Crippen LogP contribution < -0.4 is 0 Å². The van der Waals surface area contributed by atoms with E-state index in [1.807, 2.05) is 23.6 Å². The predicted octanol–water partition coefficient (Wildman–Crippen LogP) is 2.56. The van der Waals surface area contributed by atoms with Crippen molar-refractivity contribution in [2.24, 2.45) is 0 Å². The van der Waals surface area contributed by atoms with Gasteiger partial charge in [-0.2, -0.15) is 0 Å². The van der Waals surface area contributed by atoms with E-state index in [1.54, 1.807) is 29.1 Å². The van der Waals surface area contributed by atoms with E-state index < -0.39 is 5.97 Å². The minimum absolute atomic E-state index is 0.297. The highest BCUT2D eigenvalue weighted by Gasteiger charge is 2.15. The summed E-state index contributed by atoms with van der Waals surface area (Å²) < 4.78 is 6.79. The molecule has 2 heterocycles. The average Bonchev–Trinajstić information content (AvgIpc) is 2.94. The third-order valence-corrected chi connectivity index (χ3v) is 3.38. The van der Waals surface area contributed by atoms with Gasteiger partial charge in [-0.25, -0.2) is 4.79 Å². The van der Waals surface area contributed by atoms with E-state index in [0.717, 1.165) is 10.6 Å². The average molecular weight is 251 g/mol. The molecule has 0 saturated carbocycles. The first-order chi connectivity index (χ1) is 8.24. The van der Waals surface area contributed by atoms with Crippen LogP contribution in [0.5, 0.6) is 0 Å². The predicted molar refractivity (Wildman–Crippen MR) is 66.6 cm³/mol. The number of ether oxygens (including phenoxy) is 1. The van der Waals surface area contributed by atoms with Crippen molar-refractivity contribution >= 4 is 17.3 Å². The number of thiophene rings is 1. The molecular weight excluding hydrogens is 238 g/mol. The van der Waals surface area contributed by atoms with Crippen LogP contribution in [0.4, 0.5) is 0 Å². The van der Waals surface area contributed by atoms with Gasteiger partial charge in [-0.05, 0) is 23.6 Å². The van der Waals surface area contributed by atoms with Gasteiger partial charge in [0.2, 0.25) is 0 Å². The standard InChI is InChI=1S/C12H13NO3S/c1-16-7-6-13-9(11-3-2-8-17-11)4-5-10(13)12(14)15/h2-5,8H,6-7H2,1H3,(H,14,15). The van der Waals surface area contributed by atoms with E-state index >= 15 is 0 Å². The number of carboxylic acids is 1. The number of carbonyl (C=O) groups is 1. The Kier molecular flexibility index (Phi) is 3.61. The van der Waals surface area contributed by atoms with E-state index in [2.05, 4.69) is 0 Å². The van der Waals surface area contributed by atoms with Crippen LogP contribution in [-0.4, -0.2) is 29.4 Å². The molecule has 0 fully saturated rings. The topological polar surface area (TPSA) is 51.5 Å². The van der Waals surface area contributed by atoms with Crippen LogP contribution in [-0.2, 0) is 11.3 Å². The third kappa shape index (κ3) is 2.40. The first kappa shape index (κ1) is 11.9. The zero-order chi connectivity index (χ0) is 12.3. The summed E-state index contributed by atoms with van der Waals surface area (Å²) >= 11 is 1.59. The van der Waals surface area contributed by atoms with Gasteiger partial charge < -0.3 is 14.4 Å². The highest BCUT2D eigenvalue weighted by Crippen LogP contribution is 2.27. The molecule has 0 aliphatic carbocycles. The van der Waals surface area contributed by atoms with Crippen LogP contribution >= 0.6 is 11.3 Å². The van der Waals surface area contributed by atoms with Crippen LogP contribution in [0.15, 0.2) is 29.6 Å². The molecule has 0 radical (unpaired) electrons. The van der Waals surface area contributed by atoms with Crippen molar-refractivity contribution < 1.29 is 14.6 Å². The number of methoxy groups -OCH3 is 1. The lowest BCUT2D eigenvalue weighted by Crippen LogP contribution is -2.12. The molecule has 90 valence electrons. The minimum Gasteiger partial charge on any atom is -0.477 e. The number of aromatic nitrogens is 1. The van der Waals surface area contributed by atoms with Crippen LogP contribution in [0, 0.1) is 0 Å². The second-order valence-electron chi connectivity index (χ2n) is 3.53. The SMILES string of the molecule is COCCn1c(C(=O)O)ccc1-c1cccs1. The molecule has 1 N–H and O–H groups in total. The molecule has 0 bridgehead atoms. The smallest absolute Gasteiger partial charge is 0.352 e. The number of carboxylic acid groups (broad SMARTS) is 1. The second kappa shape index (κ2) is 5.16. The van der Waals surface area contributed by atoms with Crippen molar-refractivity contribution in [1.82, 2.24) is 4.57 Å². The zero-order valence-corrected chi connectivity index (χ0v) is 10.2. The van der Waals surface area contributed by atoms with Crippen molar-refractivity contribution in [3.63, 3.8) is 0 Å². The molecule has 0 saturated heterocycles. The lowest BCUT2D eigenvalue weighted by molar-refractivity contribution is 0.0683. The Labute approximate surface area is 103 Å². The zero-order valence-electron chi connectivity index (χ0n) is 9.42. The summed E-state index contributed by atoms with van der Waals surface area (Å²) in [6.45, 7) is 1.03. The molecule has 17 heavy (non-hydrogen) atoms. The normalized spacial score (nSPS) is 10.6. The quantitative estimate of drug-likeness (QED) is 0.888. The molecule has 0 aromatic carbocycles. The number of rotatable bonds is 5. The van der Waals surface area contributed by atoms with Crippen molar-refractivity contribution in [3.05, 3.63) is 35.3 Å². The van der Waals surface area contributed by atoms with Gasteiger partial charge in [-0.3, -0.25) is 0 Å². The summed E-state index contributed by atoms with van der Waals surface area (Å²) in [5, 5.41) is 11.1. The number of aromatic carboxylic acids is 1. The fraction of sp³-hybridized carbons (Fsp3) is 0.250. The number of hydrogen-bond acceptors (Lipinski definition) is 3.